The summed E-state index contributed by atoms with van der Waals surface area (Å²) in [5.74, 6) is -0.0482. The summed E-state index contributed by atoms with van der Waals surface area (Å²) < 4.78 is 0. The van der Waals surface area contributed by atoms with Gasteiger partial charge in [0.05, 0.1) is 0 Å². The van der Waals surface area contributed by atoms with E-state index in [1.807, 2.05) is 0 Å². The van der Waals surface area contributed by atoms with Gasteiger partial charge in [0, 0.05) is 11.6 Å². The van der Waals surface area contributed by atoms with Crippen LogP contribution in [0.5, 0.6) is 11.5 Å². The summed E-state index contributed by atoms with van der Waals surface area (Å²) in [7, 11) is 0. The molecule has 0 aromatic heterocycles. The van der Waals surface area contributed by atoms with Crippen molar-refractivity contribution in [2.45, 2.75) is 0 Å². The van der Waals surface area contributed by atoms with E-state index in [4.69, 9.17) is 10.5 Å². The van der Waals surface area contributed by atoms with Crippen LogP contribution in [0.15, 0.2) is 18.2 Å². The molecule has 1 aromatic rings. The molecule has 0 heterocycles. The van der Waals surface area contributed by atoms with Crippen LogP contribution in [0.4, 0.5) is 0 Å². The smallest absolute Gasteiger partial charge is 0.216 e. The van der Waals surface area contributed by atoms with Crippen LogP contribution in [0.3, 0.4) is 0 Å². The van der Waals surface area contributed by atoms with E-state index in [1.54, 1.807) is 0 Å². The van der Waals surface area contributed by atoms with Crippen molar-refractivity contribution in [3.63, 3.8) is 0 Å². The summed E-state index contributed by atoms with van der Waals surface area (Å²) in [6.45, 7) is 0. The van der Waals surface area contributed by atoms with Gasteiger partial charge in [0.15, 0.2) is 11.5 Å². The maximum absolute atomic E-state index is 10.8. The Morgan fingerprint density at radius 2 is 1.62 bits per heavy atom. The number of thiol groups is 1. The number of carbonyl (C=O) groups excluding carboxylic acids is 1. The van der Waals surface area contributed by atoms with E-state index in [0.29, 0.717) is 0 Å². The van der Waals surface area contributed by atoms with Gasteiger partial charge in [0.1, 0.15) is 0 Å². The highest BCUT2D eigenvalue weighted by Crippen LogP contribution is 2.22. The molecular formula is C7H6O5S. The van der Waals surface area contributed by atoms with Crippen LogP contribution in [0.1, 0.15) is 10.4 Å². The summed E-state index contributed by atoms with van der Waals surface area (Å²) in [4.78, 5) is 18.5. The van der Waals surface area contributed by atoms with Crippen LogP contribution >= 0.6 is 12.6 Å². The molecule has 5 nitrogen and oxygen atoms in total. The van der Waals surface area contributed by atoms with Crippen LogP contribution in [-0.4, -0.2) is 15.6 Å². The highest BCUT2D eigenvalue weighted by Gasteiger charge is 2.07. The lowest BCUT2D eigenvalue weighted by Crippen LogP contribution is -1.94. The molecule has 0 fully saturated rings. The van der Waals surface area contributed by atoms with E-state index in [-0.39, 0.29) is 17.1 Å². The molecule has 0 aliphatic carbocycles. The van der Waals surface area contributed by atoms with Gasteiger partial charge in [-0.3, -0.25) is 4.79 Å². The van der Waals surface area contributed by atoms with Crippen LogP contribution in [-0.2, 0) is 0 Å². The molecule has 0 aliphatic heterocycles. The number of hydrogen-bond donors (Lipinski definition) is 3. The fraction of sp³-hybridized carbons (Fsp3) is 0. The summed E-state index contributed by atoms with van der Waals surface area (Å²) >= 11 is 3.55. The van der Waals surface area contributed by atoms with E-state index in [2.05, 4.69) is 22.4 Å². The number of benzene rings is 1. The Kier molecular flexibility index (Phi) is 3.13. The average Bonchev–Trinajstić information content (AvgIpc) is 2.16. The molecule has 0 saturated heterocycles. The highest BCUT2D eigenvalue weighted by molar-refractivity contribution is 7.97. The summed E-state index contributed by atoms with van der Waals surface area (Å²) in [6.07, 6.45) is 0. The van der Waals surface area contributed by atoms with E-state index in [1.165, 1.54) is 18.2 Å². The Labute approximate surface area is 78.8 Å². The third-order valence-electron chi connectivity index (χ3n) is 1.34. The number of rotatable bonds is 3. The van der Waals surface area contributed by atoms with Gasteiger partial charge in [-0.15, -0.1) is 12.6 Å². The molecule has 0 aliphatic rings. The van der Waals surface area contributed by atoms with Crippen molar-refractivity contribution in [2.75, 3.05) is 0 Å². The molecular weight excluding hydrogens is 196 g/mol. The number of hydrogen-bond acceptors (Lipinski definition) is 5. The predicted molar refractivity (Wildman–Crippen MR) is 46.3 cm³/mol. The molecule has 0 atom stereocenters. The Balaban J connectivity index is 3.14. The second-order valence-electron chi connectivity index (χ2n) is 2.18. The molecule has 70 valence electrons. The third kappa shape index (κ3) is 2.35. The largest absolute Gasteiger partial charge is 0.340 e. The molecule has 13 heavy (non-hydrogen) atoms. The average molecular weight is 202 g/mol. The fourth-order valence-electron chi connectivity index (χ4n) is 0.801. The maximum Gasteiger partial charge on any atom is 0.216 e. The lowest BCUT2D eigenvalue weighted by molar-refractivity contribution is -0.144. The molecule has 0 unspecified atom stereocenters. The zero-order chi connectivity index (χ0) is 9.84. The molecule has 0 saturated carbocycles. The zero-order valence-corrected chi connectivity index (χ0v) is 7.19. The van der Waals surface area contributed by atoms with Gasteiger partial charge in [0.2, 0.25) is 5.12 Å². The van der Waals surface area contributed by atoms with Gasteiger partial charge in [-0.1, -0.05) is 0 Å². The molecule has 2 N–H and O–H groups in total. The van der Waals surface area contributed by atoms with Gasteiger partial charge < -0.3 is 9.78 Å². The van der Waals surface area contributed by atoms with Crippen molar-refractivity contribution >= 4 is 17.7 Å². The van der Waals surface area contributed by atoms with Crippen molar-refractivity contribution in [2.24, 2.45) is 0 Å². The van der Waals surface area contributed by atoms with E-state index >= 15 is 0 Å². The quantitative estimate of drug-likeness (QED) is 0.393. The Morgan fingerprint density at radius 1 is 1.15 bits per heavy atom. The first-order valence-corrected chi connectivity index (χ1v) is 3.63. The second-order valence-corrected chi connectivity index (χ2v) is 2.59. The van der Waals surface area contributed by atoms with Crippen LogP contribution in [0.2, 0.25) is 0 Å². The Hall–Kier alpha value is -1.24. The topological polar surface area (TPSA) is 76.0 Å². The molecule has 0 bridgehead atoms. The van der Waals surface area contributed by atoms with Gasteiger partial charge in [-0.2, -0.15) is 0 Å². The van der Waals surface area contributed by atoms with Crippen LogP contribution < -0.4 is 9.78 Å². The highest BCUT2D eigenvalue weighted by atomic mass is 32.1. The molecule has 0 radical (unpaired) electrons. The summed E-state index contributed by atoms with van der Waals surface area (Å²) in [5, 5.41) is 16.1. The van der Waals surface area contributed by atoms with Crippen LogP contribution in [0, 0.1) is 0 Å². The minimum absolute atomic E-state index is 0.0241. The van der Waals surface area contributed by atoms with Crippen molar-refractivity contribution in [1.29, 1.82) is 0 Å². The third-order valence-corrected chi connectivity index (χ3v) is 1.60. The number of carbonyl (C=O) groups is 1. The SMILES string of the molecule is O=C(S)c1cc(OO)cc(OO)c1. The second kappa shape index (κ2) is 4.13. The predicted octanol–water partition coefficient (Wildman–Crippen LogP) is 1.46. The first kappa shape index (κ1) is 9.85. The minimum Gasteiger partial charge on any atom is -0.340 e. The van der Waals surface area contributed by atoms with E-state index < -0.39 is 5.12 Å². The lowest BCUT2D eigenvalue weighted by Gasteiger charge is -2.02. The van der Waals surface area contributed by atoms with Gasteiger partial charge in [-0.05, 0) is 12.1 Å². The molecule has 1 rings (SSSR count). The minimum atomic E-state index is -0.530. The van der Waals surface area contributed by atoms with Gasteiger partial charge >= 0.3 is 0 Å². The summed E-state index contributed by atoms with van der Waals surface area (Å²) in [5.41, 5.74) is 0.138. The molecule has 0 spiro atoms. The van der Waals surface area contributed by atoms with E-state index in [9.17, 15) is 4.79 Å². The van der Waals surface area contributed by atoms with Crippen LogP contribution in [0.25, 0.3) is 0 Å². The van der Waals surface area contributed by atoms with Gasteiger partial charge in [-0.25, -0.2) is 10.5 Å². The normalized spacial score (nSPS) is 9.46. The fourth-order valence-corrected chi connectivity index (χ4v) is 0.930. The van der Waals surface area contributed by atoms with Crippen molar-refractivity contribution in [3.8, 4) is 11.5 Å². The first-order chi connectivity index (χ1) is 6.17. The van der Waals surface area contributed by atoms with Crippen molar-refractivity contribution in [3.05, 3.63) is 23.8 Å². The molecule has 0 amide bonds. The first-order valence-electron chi connectivity index (χ1n) is 3.18. The van der Waals surface area contributed by atoms with Crippen molar-refractivity contribution < 1.29 is 25.1 Å². The van der Waals surface area contributed by atoms with Gasteiger partial charge in [0.25, 0.3) is 0 Å². The lowest BCUT2D eigenvalue weighted by atomic mass is 10.2. The summed E-state index contributed by atoms with van der Waals surface area (Å²) in [6, 6.07) is 3.69. The zero-order valence-electron chi connectivity index (χ0n) is 6.30. The molecule has 6 heteroatoms. The Bertz CT molecular complexity index is 302. The maximum atomic E-state index is 10.8. The van der Waals surface area contributed by atoms with E-state index in [0.717, 1.165) is 0 Å². The monoisotopic (exact) mass is 202 g/mol. The molecule has 1 aromatic carbocycles. The van der Waals surface area contributed by atoms with Crippen molar-refractivity contribution in [1.82, 2.24) is 0 Å². The Morgan fingerprint density at radius 3 is 1.92 bits per heavy atom. The standard InChI is InChI=1S/C7H6O5S/c8-7(13)4-1-5(11-9)3-6(2-4)12-10/h1-3,9-10H,(H,8,13).